The maximum atomic E-state index is 4.70. The fraction of sp³-hybridized carbons (Fsp3) is 0.867. The normalized spacial score (nSPS) is 18.4. The molecule has 0 aromatic carbocycles. The summed E-state index contributed by atoms with van der Waals surface area (Å²) in [6.45, 7) is 19.1. The van der Waals surface area contributed by atoms with Gasteiger partial charge in [0.15, 0.2) is 0 Å². The molecule has 5 heteroatoms. The molecule has 2 fully saturated rings. The van der Waals surface area contributed by atoms with Crippen LogP contribution in [0.3, 0.4) is 0 Å². The molecule has 0 saturated heterocycles. The third-order valence-electron chi connectivity index (χ3n) is 7.40. The van der Waals surface area contributed by atoms with Crippen LogP contribution in [0.1, 0.15) is 120 Å². The molecule has 2 aliphatic rings. The van der Waals surface area contributed by atoms with Crippen molar-refractivity contribution in [2.75, 3.05) is 12.3 Å². The molecule has 2 rings (SSSR count). The van der Waals surface area contributed by atoms with Gasteiger partial charge in [-0.1, -0.05) is 134 Å². The summed E-state index contributed by atoms with van der Waals surface area (Å²) >= 11 is 0.569. The number of hydrogen-bond donors (Lipinski definition) is 0. The molecule has 0 atom stereocenters. The Bertz CT molecular complexity index is 460. The van der Waals surface area contributed by atoms with E-state index in [1.54, 1.807) is 0 Å². The average Bonchev–Trinajstić information content (AvgIpc) is 2.81. The van der Waals surface area contributed by atoms with E-state index in [1.165, 1.54) is 76.5 Å². The summed E-state index contributed by atoms with van der Waals surface area (Å²) in [7, 11) is 9.82. The predicted octanol–water partition coefficient (Wildman–Crippen LogP) is 12.2. The molecule has 0 amide bonds. The Morgan fingerprint density at radius 2 is 0.829 bits per heavy atom. The Kier molecular flexibility index (Phi) is 24.3. The zero-order valence-corrected chi connectivity index (χ0v) is 28.5. The molecule has 0 heterocycles. The van der Waals surface area contributed by atoms with Gasteiger partial charge in [0, 0.05) is 0 Å². The van der Waals surface area contributed by atoms with Crippen molar-refractivity contribution >= 4 is 36.2 Å². The molecule has 0 spiro atoms. The fourth-order valence-corrected chi connectivity index (χ4v) is 10.2. The van der Waals surface area contributed by atoms with Crippen molar-refractivity contribution in [3.05, 3.63) is 24.3 Å². The molecule has 0 nitrogen and oxygen atoms in total. The molecular formula is C30H58Cl2NiP2. The van der Waals surface area contributed by atoms with Gasteiger partial charge in [-0.05, 0) is 72.5 Å². The third kappa shape index (κ3) is 19.2. The van der Waals surface area contributed by atoms with E-state index in [-0.39, 0.29) is 15.8 Å². The van der Waals surface area contributed by atoms with Gasteiger partial charge in [-0.25, -0.2) is 0 Å². The second kappa shape index (κ2) is 23.3. The van der Waals surface area contributed by atoms with Crippen LogP contribution < -0.4 is 0 Å². The van der Waals surface area contributed by atoms with Gasteiger partial charge in [-0.15, -0.1) is 0 Å². The van der Waals surface area contributed by atoms with Crippen molar-refractivity contribution in [3.63, 3.8) is 0 Å². The first-order valence-electron chi connectivity index (χ1n) is 14.3. The van der Waals surface area contributed by atoms with Crippen molar-refractivity contribution in [3.8, 4) is 0 Å². The Morgan fingerprint density at radius 1 is 0.571 bits per heavy atom. The minimum absolute atomic E-state index is 0.208. The van der Waals surface area contributed by atoms with Gasteiger partial charge in [0.2, 0.25) is 0 Å². The molecule has 0 aliphatic heterocycles. The van der Waals surface area contributed by atoms with Crippen molar-refractivity contribution < 1.29 is 12.7 Å². The van der Waals surface area contributed by atoms with E-state index >= 15 is 0 Å². The number of halogens is 2. The summed E-state index contributed by atoms with van der Waals surface area (Å²) < 4.78 is 0. The molecule has 0 radical (unpaired) electrons. The van der Waals surface area contributed by atoms with E-state index in [9.17, 15) is 0 Å². The molecule has 0 bridgehead atoms. The number of allylic oxidation sites excluding steroid dienone is 4. The van der Waals surface area contributed by atoms with E-state index in [0.717, 1.165) is 34.5 Å². The molecule has 0 N–H and O–H groups in total. The van der Waals surface area contributed by atoms with Crippen LogP contribution in [0.4, 0.5) is 0 Å². The Morgan fingerprint density at radius 3 is 1.06 bits per heavy atom. The van der Waals surface area contributed by atoms with Crippen molar-refractivity contribution in [1.82, 2.24) is 0 Å². The number of rotatable bonds is 10. The molecule has 2 aliphatic carbocycles. The second-order valence-corrected chi connectivity index (χ2v) is 20.0. The van der Waals surface area contributed by atoms with Crippen molar-refractivity contribution in [2.24, 2.45) is 11.8 Å². The summed E-state index contributed by atoms with van der Waals surface area (Å²) in [5, 5.41) is 0. The molecule has 0 aromatic heterocycles. The van der Waals surface area contributed by atoms with Crippen LogP contribution >= 0.6 is 36.2 Å². The van der Waals surface area contributed by atoms with Crippen LogP contribution in [0, 0.1) is 11.8 Å². The summed E-state index contributed by atoms with van der Waals surface area (Å²) in [6.07, 6.45) is 27.3. The SMILES string of the molecule is CC(C)P(CC=CC1CCCCC1)C(C)C.CC(C)P(CC=CC1CCCCC1)C(C)C.[Cl][Ni][Cl]. The van der Waals surface area contributed by atoms with Crippen LogP contribution in [0.2, 0.25) is 0 Å². The Balaban J connectivity index is 0.000000594. The first-order chi connectivity index (χ1) is 16.6. The van der Waals surface area contributed by atoms with Crippen LogP contribution in [-0.4, -0.2) is 35.0 Å². The minimum atomic E-state index is 0.208. The molecule has 0 aromatic rings. The van der Waals surface area contributed by atoms with Gasteiger partial charge < -0.3 is 0 Å². The maximum absolute atomic E-state index is 4.70. The first-order valence-corrected chi connectivity index (χ1v) is 20.4. The van der Waals surface area contributed by atoms with E-state index in [1.807, 2.05) is 0 Å². The van der Waals surface area contributed by atoms with Gasteiger partial charge in [-0.2, -0.15) is 0 Å². The second-order valence-electron chi connectivity index (χ2n) is 11.5. The molecule has 2 saturated carbocycles. The van der Waals surface area contributed by atoms with Gasteiger partial charge in [0.25, 0.3) is 0 Å². The summed E-state index contributed by atoms with van der Waals surface area (Å²) in [4.78, 5) is 0. The van der Waals surface area contributed by atoms with Crippen molar-refractivity contribution in [1.29, 1.82) is 0 Å². The van der Waals surface area contributed by atoms with Crippen LogP contribution in [0.5, 0.6) is 0 Å². The summed E-state index contributed by atoms with van der Waals surface area (Å²) in [6, 6.07) is 0. The van der Waals surface area contributed by atoms with Gasteiger partial charge in [0.1, 0.15) is 0 Å². The zero-order chi connectivity index (χ0) is 26.6. The summed E-state index contributed by atoms with van der Waals surface area (Å²) in [5.41, 5.74) is 3.52. The zero-order valence-electron chi connectivity index (χ0n) is 24.2. The van der Waals surface area contributed by atoms with Crippen LogP contribution in [0.25, 0.3) is 0 Å². The topological polar surface area (TPSA) is 0 Å². The van der Waals surface area contributed by atoms with Crippen molar-refractivity contribution in [2.45, 2.75) is 142 Å². The fourth-order valence-electron chi connectivity index (χ4n) is 5.44. The molecule has 0 unspecified atom stereocenters. The quantitative estimate of drug-likeness (QED) is 0.131. The Labute approximate surface area is 238 Å². The predicted molar refractivity (Wildman–Crippen MR) is 167 cm³/mol. The number of hydrogen-bond acceptors (Lipinski definition) is 0. The van der Waals surface area contributed by atoms with Gasteiger partial charge >= 0.3 is 33.0 Å². The third-order valence-corrected chi connectivity index (χ3v) is 14.0. The van der Waals surface area contributed by atoms with E-state index in [0.29, 0.717) is 12.7 Å². The average molecular weight is 610 g/mol. The van der Waals surface area contributed by atoms with Gasteiger partial charge in [0.05, 0.1) is 0 Å². The summed E-state index contributed by atoms with van der Waals surface area (Å²) in [5.74, 6) is 1.81. The molecular weight excluding hydrogens is 552 g/mol. The molecule has 35 heavy (non-hydrogen) atoms. The van der Waals surface area contributed by atoms with Crippen LogP contribution in [0.15, 0.2) is 24.3 Å². The monoisotopic (exact) mass is 608 g/mol. The van der Waals surface area contributed by atoms with Crippen LogP contribution in [-0.2, 0) is 12.7 Å². The van der Waals surface area contributed by atoms with Gasteiger partial charge in [-0.3, -0.25) is 0 Å². The molecule has 212 valence electrons. The first kappa shape index (κ1) is 36.4. The standard InChI is InChI=1S/2C15H29P.2ClH.Ni/c2*1-13(2)16(14(3)4)12-8-11-15-9-6-5-7-10-15;;;/h2*8,11,13-15H,5-7,9-10,12H2,1-4H3;2*1H;/q;;;;+2/p-2. The van der Waals surface area contributed by atoms with E-state index in [2.05, 4.69) is 79.7 Å². The van der Waals surface area contributed by atoms with E-state index < -0.39 is 0 Å². The Hall–Kier alpha value is 1.41. The van der Waals surface area contributed by atoms with E-state index in [4.69, 9.17) is 20.4 Å².